The van der Waals surface area contributed by atoms with Crippen LogP contribution in [0, 0.1) is 28.1 Å². The lowest BCUT2D eigenvalue weighted by Crippen LogP contribution is -2.51. The molecule has 202 valence electrons. The lowest BCUT2D eigenvalue weighted by molar-refractivity contribution is -0.130. The normalized spacial score (nSPS) is 22.9. The summed E-state index contributed by atoms with van der Waals surface area (Å²) >= 11 is 0. The molecule has 1 saturated carbocycles. The average Bonchev–Trinajstić information content (AvgIpc) is 3.19. The minimum Gasteiger partial charge on any atom is -0.355 e. The quantitative estimate of drug-likeness (QED) is 0.240. The van der Waals surface area contributed by atoms with Gasteiger partial charge in [-0.3, -0.25) is 4.79 Å². The zero-order valence-corrected chi connectivity index (χ0v) is 23.7. The van der Waals surface area contributed by atoms with Crippen molar-refractivity contribution in [3.8, 4) is 12.1 Å². The Kier molecular flexibility index (Phi) is 10.1. The third kappa shape index (κ3) is 5.55. The van der Waals surface area contributed by atoms with E-state index in [2.05, 4.69) is 43.0 Å². The molecule has 0 aromatic carbocycles. The van der Waals surface area contributed by atoms with Gasteiger partial charge in [-0.15, -0.1) is 0 Å². The molecule has 6 heteroatoms. The maximum atomic E-state index is 13.7. The molecule has 0 radical (unpaired) electrons. The van der Waals surface area contributed by atoms with Crippen molar-refractivity contribution in [2.45, 2.75) is 141 Å². The zero-order valence-electron chi connectivity index (χ0n) is 23.7. The number of carbonyl (C=O) groups excluding carboxylic acids is 1. The van der Waals surface area contributed by atoms with E-state index in [0.717, 1.165) is 25.0 Å². The van der Waals surface area contributed by atoms with Gasteiger partial charge in [-0.1, -0.05) is 111 Å². The van der Waals surface area contributed by atoms with Crippen molar-refractivity contribution in [3.63, 3.8) is 0 Å². The van der Waals surface area contributed by atoms with Gasteiger partial charge in [-0.05, 0) is 24.7 Å². The lowest BCUT2D eigenvalue weighted by atomic mass is 9.63. The molecule has 2 aliphatic rings. The highest BCUT2D eigenvalue weighted by Gasteiger charge is 2.73. The van der Waals surface area contributed by atoms with Crippen molar-refractivity contribution in [2.75, 3.05) is 6.54 Å². The fourth-order valence-corrected chi connectivity index (χ4v) is 6.81. The summed E-state index contributed by atoms with van der Waals surface area (Å²) < 4.78 is 0. The molecule has 6 nitrogen and oxygen atoms in total. The summed E-state index contributed by atoms with van der Waals surface area (Å²) in [5.41, 5.74) is -0.133. The van der Waals surface area contributed by atoms with Crippen molar-refractivity contribution in [1.82, 2.24) is 15.3 Å². The molecule has 1 aromatic heterocycles. The van der Waals surface area contributed by atoms with Crippen molar-refractivity contribution in [3.05, 3.63) is 22.8 Å². The van der Waals surface area contributed by atoms with Crippen LogP contribution >= 0.6 is 0 Å². The first-order chi connectivity index (χ1) is 17.8. The summed E-state index contributed by atoms with van der Waals surface area (Å²) in [7, 11) is 0. The molecule has 37 heavy (non-hydrogen) atoms. The van der Waals surface area contributed by atoms with Gasteiger partial charge < -0.3 is 5.32 Å². The predicted molar refractivity (Wildman–Crippen MR) is 147 cm³/mol. The SMILES string of the molecule is CCCCCCCCCCCCCCCCNC(=O)C12CCC(C)(c3nc(C#N)c(C#N)nc31)C2(C)C. The topological polar surface area (TPSA) is 102 Å². The third-order valence-electron chi connectivity index (χ3n) is 9.68. The van der Waals surface area contributed by atoms with Crippen LogP contribution in [0.25, 0.3) is 0 Å². The zero-order chi connectivity index (χ0) is 26.9. The molecular weight excluding hydrogens is 458 g/mol. The smallest absolute Gasteiger partial charge is 0.232 e. The average molecular weight is 506 g/mol. The van der Waals surface area contributed by atoms with Crippen LogP contribution in [0.2, 0.25) is 0 Å². The second-order valence-corrected chi connectivity index (χ2v) is 12.1. The molecule has 2 aliphatic carbocycles. The van der Waals surface area contributed by atoms with E-state index in [1.165, 1.54) is 77.0 Å². The number of hydrogen-bond acceptors (Lipinski definition) is 5. The predicted octanol–water partition coefficient (Wildman–Crippen LogP) is 7.15. The molecule has 3 rings (SSSR count). The first kappa shape index (κ1) is 29.1. The van der Waals surface area contributed by atoms with Gasteiger partial charge in [-0.25, -0.2) is 9.97 Å². The van der Waals surface area contributed by atoms with E-state index in [0.29, 0.717) is 18.7 Å². The summed E-state index contributed by atoms with van der Waals surface area (Å²) in [5.74, 6) is -0.00225. The van der Waals surface area contributed by atoms with Crippen molar-refractivity contribution in [2.24, 2.45) is 5.41 Å². The molecule has 0 saturated heterocycles. The number of rotatable bonds is 16. The summed E-state index contributed by atoms with van der Waals surface area (Å²) in [6.07, 6.45) is 19.9. The molecular formula is C31H47N5O. The number of hydrogen-bond donors (Lipinski definition) is 1. The van der Waals surface area contributed by atoms with Crippen molar-refractivity contribution in [1.29, 1.82) is 10.5 Å². The Morgan fingerprint density at radius 1 is 0.757 bits per heavy atom. The van der Waals surface area contributed by atoms with Crippen LogP contribution < -0.4 is 5.32 Å². The third-order valence-corrected chi connectivity index (χ3v) is 9.68. The number of aromatic nitrogens is 2. The van der Waals surface area contributed by atoms with E-state index in [1.807, 2.05) is 12.1 Å². The number of unbranched alkanes of at least 4 members (excludes halogenated alkanes) is 13. The molecule has 2 unspecified atom stereocenters. The van der Waals surface area contributed by atoms with E-state index in [4.69, 9.17) is 0 Å². The minimum atomic E-state index is -0.806. The maximum absolute atomic E-state index is 13.7. The summed E-state index contributed by atoms with van der Waals surface area (Å²) in [4.78, 5) is 22.9. The second kappa shape index (κ2) is 12.9. The molecule has 1 amide bonds. The molecule has 1 heterocycles. The number of amides is 1. The Hall–Kier alpha value is -2.47. The van der Waals surface area contributed by atoms with Gasteiger partial charge in [0.25, 0.3) is 0 Å². The summed E-state index contributed by atoms with van der Waals surface area (Å²) in [5, 5.41) is 22.2. The Balaban J connectivity index is 1.42. The molecule has 0 spiro atoms. The van der Waals surface area contributed by atoms with Gasteiger partial charge in [0.1, 0.15) is 12.1 Å². The van der Waals surface area contributed by atoms with E-state index in [-0.39, 0.29) is 22.7 Å². The number of nitrogens with zero attached hydrogens (tertiary/aromatic N) is 4. The molecule has 1 N–H and O–H groups in total. The second-order valence-electron chi connectivity index (χ2n) is 12.1. The minimum absolute atomic E-state index is 0.00225. The first-order valence-electron chi connectivity index (χ1n) is 14.8. The van der Waals surface area contributed by atoms with Crippen LogP contribution in [0.5, 0.6) is 0 Å². The van der Waals surface area contributed by atoms with Crippen LogP contribution in [-0.4, -0.2) is 22.4 Å². The van der Waals surface area contributed by atoms with Gasteiger partial charge in [0.15, 0.2) is 11.4 Å². The Labute approximate surface area is 224 Å². The number of carbonyl (C=O) groups is 1. The van der Waals surface area contributed by atoms with Crippen molar-refractivity contribution < 1.29 is 4.79 Å². The summed E-state index contributed by atoms with van der Waals surface area (Å²) in [6.45, 7) is 9.30. The Bertz CT molecular complexity index is 1020. The van der Waals surface area contributed by atoms with Gasteiger partial charge >= 0.3 is 0 Å². The van der Waals surface area contributed by atoms with E-state index >= 15 is 0 Å². The van der Waals surface area contributed by atoms with E-state index in [9.17, 15) is 15.3 Å². The summed E-state index contributed by atoms with van der Waals surface area (Å²) in [6, 6.07) is 4.01. The van der Waals surface area contributed by atoms with Gasteiger partial charge in [0, 0.05) is 12.0 Å². The standard InChI is InChI=1S/C31H47N5O/c1-5-6-7-8-9-10-11-12-13-14-15-16-17-18-21-34-28(37)31-20-19-30(4,29(31,2)3)26-27(31)36-25(23-33)24(22-32)35-26/h5-21H2,1-4H3,(H,34,37). The molecule has 2 bridgehead atoms. The monoisotopic (exact) mass is 505 g/mol. The number of fused-ring (bicyclic) bond motifs is 5. The number of nitriles is 2. The maximum Gasteiger partial charge on any atom is 0.232 e. The lowest BCUT2D eigenvalue weighted by Gasteiger charge is -2.39. The fourth-order valence-electron chi connectivity index (χ4n) is 6.81. The largest absolute Gasteiger partial charge is 0.355 e. The number of nitrogens with one attached hydrogen (secondary N) is 1. The van der Waals surface area contributed by atoms with Gasteiger partial charge in [0.05, 0.1) is 16.8 Å². The highest BCUT2D eigenvalue weighted by atomic mass is 16.2. The van der Waals surface area contributed by atoms with Crippen LogP contribution in [0.3, 0.4) is 0 Å². The molecule has 1 aromatic rings. The van der Waals surface area contributed by atoms with Gasteiger partial charge in [-0.2, -0.15) is 10.5 Å². The van der Waals surface area contributed by atoms with Crippen LogP contribution in [0.4, 0.5) is 0 Å². The van der Waals surface area contributed by atoms with Crippen LogP contribution in [0.1, 0.15) is 153 Å². The highest BCUT2D eigenvalue weighted by Crippen LogP contribution is 2.70. The van der Waals surface area contributed by atoms with E-state index in [1.54, 1.807) is 0 Å². The van der Waals surface area contributed by atoms with Crippen molar-refractivity contribution >= 4 is 5.91 Å². The molecule has 1 fully saturated rings. The fraction of sp³-hybridized carbons (Fsp3) is 0.774. The molecule has 0 aliphatic heterocycles. The van der Waals surface area contributed by atoms with Crippen LogP contribution in [-0.2, 0) is 15.6 Å². The van der Waals surface area contributed by atoms with E-state index < -0.39 is 10.8 Å². The Morgan fingerprint density at radius 2 is 1.22 bits per heavy atom. The molecule has 2 atom stereocenters. The van der Waals surface area contributed by atoms with Crippen LogP contribution in [0.15, 0.2) is 0 Å². The first-order valence-corrected chi connectivity index (χ1v) is 14.8. The Morgan fingerprint density at radius 3 is 1.70 bits per heavy atom. The highest BCUT2D eigenvalue weighted by molar-refractivity contribution is 5.92. The van der Waals surface area contributed by atoms with Gasteiger partial charge in [0.2, 0.25) is 5.91 Å².